The van der Waals surface area contributed by atoms with Crippen molar-refractivity contribution < 1.29 is 9.53 Å². The third-order valence-corrected chi connectivity index (χ3v) is 4.94. The van der Waals surface area contributed by atoms with Gasteiger partial charge in [-0.1, -0.05) is 48.5 Å². The van der Waals surface area contributed by atoms with E-state index in [-0.39, 0.29) is 5.91 Å². The molecule has 154 valence electrons. The highest BCUT2D eigenvalue weighted by Crippen LogP contribution is 2.26. The van der Waals surface area contributed by atoms with Crippen molar-refractivity contribution in [1.29, 1.82) is 0 Å². The first-order valence-electron chi connectivity index (χ1n) is 10.2. The third-order valence-electron chi connectivity index (χ3n) is 4.94. The van der Waals surface area contributed by atoms with Crippen LogP contribution in [0.15, 0.2) is 90.0 Å². The molecule has 3 aromatic carbocycles. The second-order valence-electron chi connectivity index (χ2n) is 7.03. The minimum Gasteiger partial charge on any atom is -0.494 e. The van der Waals surface area contributed by atoms with Gasteiger partial charge < -0.3 is 4.74 Å². The Kier molecular flexibility index (Phi) is 6.03. The Bertz CT molecular complexity index is 1230. The Hall–Kier alpha value is -3.99. The summed E-state index contributed by atoms with van der Waals surface area (Å²) in [7, 11) is 0. The van der Waals surface area contributed by atoms with E-state index >= 15 is 0 Å². The zero-order chi connectivity index (χ0) is 21.6. The fourth-order valence-electron chi connectivity index (χ4n) is 3.34. The molecule has 0 atom stereocenters. The van der Waals surface area contributed by atoms with Gasteiger partial charge in [0.25, 0.3) is 5.91 Å². The Morgan fingerprint density at radius 2 is 1.68 bits per heavy atom. The number of pyridine rings is 1. The van der Waals surface area contributed by atoms with Crippen LogP contribution in [-0.2, 0) is 0 Å². The Morgan fingerprint density at radius 3 is 2.42 bits per heavy atom. The summed E-state index contributed by atoms with van der Waals surface area (Å²) in [4.78, 5) is 17.8. The molecule has 0 unspecified atom stereocenters. The normalized spacial score (nSPS) is 11.4. The van der Waals surface area contributed by atoms with Crippen molar-refractivity contribution in [1.82, 2.24) is 10.4 Å². The molecular weight excluding hydrogens is 386 g/mol. The molecule has 4 aromatic rings. The van der Waals surface area contributed by atoms with Gasteiger partial charge >= 0.3 is 0 Å². The molecule has 0 aliphatic heterocycles. The fourth-order valence-corrected chi connectivity index (χ4v) is 3.34. The van der Waals surface area contributed by atoms with Crippen LogP contribution in [0.4, 0.5) is 0 Å². The fraction of sp³-hybridized carbons (Fsp3) is 0.115. The SMILES string of the molecule is CCOc1ccc(-c2cc(C(=O)N/N=C(\C)c3ccccc3)c3ccccc3n2)cc1. The number of nitrogens with zero attached hydrogens (tertiary/aromatic N) is 2. The topological polar surface area (TPSA) is 63.6 Å². The molecular formula is C26H23N3O2. The average Bonchev–Trinajstić information content (AvgIpc) is 2.83. The van der Waals surface area contributed by atoms with Gasteiger partial charge in [-0.2, -0.15) is 5.10 Å². The van der Waals surface area contributed by atoms with Crippen molar-refractivity contribution in [3.63, 3.8) is 0 Å². The number of hydrazone groups is 1. The lowest BCUT2D eigenvalue weighted by Crippen LogP contribution is -2.20. The number of carbonyl (C=O) groups excluding carboxylic acids is 1. The summed E-state index contributed by atoms with van der Waals surface area (Å²) < 4.78 is 5.52. The molecule has 0 fully saturated rings. The van der Waals surface area contributed by atoms with Crippen LogP contribution in [-0.4, -0.2) is 23.2 Å². The van der Waals surface area contributed by atoms with Gasteiger partial charge in [-0.25, -0.2) is 10.4 Å². The van der Waals surface area contributed by atoms with Gasteiger partial charge in [0.1, 0.15) is 5.75 Å². The number of rotatable bonds is 6. The molecule has 1 N–H and O–H groups in total. The van der Waals surface area contributed by atoms with Crippen molar-refractivity contribution in [3.8, 4) is 17.0 Å². The zero-order valence-electron chi connectivity index (χ0n) is 17.5. The van der Waals surface area contributed by atoms with Crippen molar-refractivity contribution in [2.75, 3.05) is 6.61 Å². The number of amides is 1. The standard InChI is InChI=1S/C26H23N3O2/c1-3-31-21-15-13-20(14-16-21)25-17-23(22-11-7-8-12-24(22)27-25)26(30)29-28-18(2)19-9-5-4-6-10-19/h4-17H,3H2,1-2H3,(H,29,30)/b28-18+. The van der Waals surface area contributed by atoms with Crippen LogP contribution in [0.2, 0.25) is 0 Å². The van der Waals surface area contributed by atoms with E-state index in [1.807, 2.05) is 92.7 Å². The summed E-state index contributed by atoms with van der Waals surface area (Å²) in [6, 6.07) is 26.9. The Morgan fingerprint density at radius 1 is 0.968 bits per heavy atom. The summed E-state index contributed by atoms with van der Waals surface area (Å²) in [5.41, 5.74) is 7.29. The lowest BCUT2D eigenvalue weighted by atomic mass is 10.0. The number of hydrogen-bond donors (Lipinski definition) is 1. The van der Waals surface area contributed by atoms with Gasteiger partial charge in [-0.15, -0.1) is 0 Å². The summed E-state index contributed by atoms with van der Waals surface area (Å²) >= 11 is 0. The minimum absolute atomic E-state index is 0.277. The number of aromatic nitrogens is 1. The van der Waals surface area contributed by atoms with E-state index in [2.05, 4.69) is 10.5 Å². The highest BCUT2D eigenvalue weighted by atomic mass is 16.5. The Balaban J connectivity index is 1.68. The maximum atomic E-state index is 13.1. The van der Waals surface area contributed by atoms with Crippen molar-refractivity contribution in [3.05, 3.63) is 96.1 Å². The first-order valence-corrected chi connectivity index (χ1v) is 10.2. The summed E-state index contributed by atoms with van der Waals surface area (Å²) in [5.74, 6) is 0.525. The smallest absolute Gasteiger partial charge is 0.272 e. The zero-order valence-corrected chi connectivity index (χ0v) is 17.5. The van der Waals surface area contributed by atoms with E-state index in [0.717, 1.165) is 39.2 Å². The first kappa shape index (κ1) is 20.3. The monoisotopic (exact) mass is 409 g/mol. The molecule has 0 bridgehead atoms. The van der Waals surface area contributed by atoms with E-state index in [1.54, 1.807) is 6.07 Å². The van der Waals surface area contributed by atoms with Crippen molar-refractivity contribution >= 4 is 22.5 Å². The molecule has 0 saturated carbocycles. The number of fused-ring (bicyclic) bond motifs is 1. The number of hydrogen-bond acceptors (Lipinski definition) is 4. The minimum atomic E-state index is -0.277. The van der Waals surface area contributed by atoms with Gasteiger partial charge in [-0.3, -0.25) is 4.79 Å². The highest BCUT2D eigenvalue weighted by molar-refractivity contribution is 6.08. The van der Waals surface area contributed by atoms with Crippen LogP contribution >= 0.6 is 0 Å². The molecule has 4 rings (SSSR count). The predicted molar refractivity (Wildman–Crippen MR) is 124 cm³/mol. The van der Waals surface area contributed by atoms with Gasteiger partial charge in [0.05, 0.1) is 29.1 Å². The molecule has 31 heavy (non-hydrogen) atoms. The first-order chi connectivity index (χ1) is 15.2. The molecule has 1 heterocycles. The molecule has 0 aliphatic carbocycles. The third kappa shape index (κ3) is 4.61. The molecule has 0 radical (unpaired) electrons. The molecule has 1 amide bonds. The maximum Gasteiger partial charge on any atom is 0.272 e. The quantitative estimate of drug-likeness (QED) is 0.340. The Labute approximate surface area is 181 Å². The van der Waals surface area contributed by atoms with E-state index in [1.165, 1.54) is 0 Å². The van der Waals surface area contributed by atoms with Crippen molar-refractivity contribution in [2.45, 2.75) is 13.8 Å². The van der Waals surface area contributed by atoms with Crippen LogP contribution in [0.1, 0.15) is 29.8 Å². The van der Waals surface area contributed by atoms with Crippen LogP contribution in [0.25, 0.3) is 22.2 Å². The molecule has 0 saturated heterocycles. The van der Waals surface area contributed by atoms with E-state index in [9.17, 15) is 4.79 Å². The number of benzene rings is 3. The van der Waals surface area contributed by atoms with Crippen LogP contribution in [0, 0.1) is 0 Å². The van der Waals surface area contributed by atoms with E-state index < -0.39 is 0 Å². The highest BCUT2D eigenvalue weighted by Gasteiger charge is 2.14. The van der Waals surface area contributed by atoms with E-state index in [0.29, 0.717) is 12.2 Å². The van der Waals surface area contributed by atoms with Crippen LogP contribution in [0.3, 0.4) is 0 Å². The van der Waals surface area contributed by atoms with Gasteiger partial charge in [0.2, 0.25) is 0 Å². The average molecular weight is 409 g/mol. The second-order valence-corrected chi connectivity index (χ2v) is 7.03. The van der Waals surface area contributed by atoms with Gasteiger partial charge in [0.15, 0.2) is 0 Å². The summed E-state index contributed by atoms with van der Waals surface area (Å²) in [6.07, 6.45) is 0. The number of para-hydroxylation sites is 1. The lowest BCUT2D eigenvalue weighted by molar-refractivity contribution is 0.0956. The largest absolute Gasteiger partial charge is 0.494 e. The number of ether oxygens (including phenoxy) is 1. The molecule has 0 aliphatic rings. The van der Waals surface area contributed by atoms with Gasteiger partial charge in [-0.05, 0) is 55.8 Å². The predicted octanol–water partition coefficient (Wildman–Crippen LogP) is 5.45. The van der Waals surface area contributed by atoms with Crippen LogP contribution in [0.5, 0.6) is 5.75 Å². The molecule has 0 spiro atoms. The lowest BCUT2D eigenvalue weighted by Gasteiger charge is -2.10. The summed E-state index contributed by atoms with van der Waals surface area (Å²) in [5, 5.41) is 5.07. The second kappa shape index (κ2) is 9.22. The summed E-state index contributed by atoms with van der Waals surface area (Å²) in [6.45, 7) is 4.43. The van der Waals surface area contributed by atoms with Crippen molar-refractivity contribution in [2.24, 2.45) is 5.10 Å². The van der Waals surface area contributed by atoms with Crippen LogP contribution < -0.4 is 10.2 Å². The molecule has 5 nitrogen and oxygen atoms in total. The number of carbonyl (C=O) groups is 1. The maximum absolute atomic E-state index is 13.1. The van der Waals surface area contributed by atoms with E-state index in [4.69, 9.17) is 9.72 Å². The molecule has 1 aromatic heterocycles. The molecule has 5 heteroatoms. The number of nitrogens with one attached hydrogen (secondary N) is 1. The van der Waals surface area contributed by atoms with Gasteiger partial charge in [0, 0.05) is 10.9 Å².